The Morgan fingerprint density at radius 1 is 1.33 bits per heavy atom. The van der Waals surface area contributed by atoms with Crippen LogP contribution in [0.4, 0.5) is 0 Å². The maximum atomic E-state index is 10.6. The Balaban J connectivity index is 3.29. The summed E-state index contributed by atoms with van der Waals surface area (Å²) in [5.74, 6) is -0.187. The zero-order valence-electron chi connectivity index (χ0n) is 9.67. The van der Waals surface area contributed by atoms with Gasteiger partial charge in [0.05, 0.1) is 0 Å². The van der Waals surface area contributed by atoms with Crippen molar-refractivity contribution in [1.82, 2.24) is 0 Å². The van der Waals surface area contributed by atoms with Gasteiger partial charge in [-0.2, -0.15) is 0 Å². The molecule has 0 aromatic heterocycles. The smallest absolute Gasteiger partial charge is 0.303 e. The molecule has 0 aromatic carbocycles. The van der Waals surface area contributed by atoms with Crippen LogP contribution in [0, 0.1) is 0 Å². The lowest BCUT2D eigenvalue weighted by atomic mass is 10.2. The first-order chi connectivity index (χ1) is 7.16. The number of esters is 1. The molecule has 3 heteroatoms. The number of unbranched alkanes of at least 4 members (excludes halogenated alkanes) is 3. The average molecular weight is 324 g/mol. The fourth-order valence-corrected chi connectivity index (χ4v) is 1.99. The number of ether oxygens (including phenoxy) is 1. The number of halogens is 1. The normalized spacial score (nSPS) is 13.0. The molecule has 0 saturated carbocycles. The molecule has 0 fully saturated rings. The number of carbonyl (C=O) groups is 1. The second-order valence-corrected chi connectivity index (χ2v) is 4.95. The molecule has 0 spiro atoms. The molecule has 0 rings (SSSR count). The SMILES string of the molecule is CCCCC=CCCCC(I)OC(C)=O. The minimum atomic E-state index is -0.187. The van der Waals surface area contributed by atoms with Crippen LogP contribution in [0.25, 0.3) is 0 Å². The zero-order chi connectivity index (χ0) is 11.5. The van der Waals surface area contributed by atoms with Gasteiger partial charge in [0, 0.05) is 6.92 Å². The molecular weight excluding hydrogens is 303 g/mol. The van der Waals surface area contributed by atoms with Crippen molar-refractivity contribution in [3.8, 4) is 0 Å². The highest BCUT2D eigenvalue weighted by molar-refractivity contribution is 14.1. The molecule has 88 valence electrons. The third-order valence-electron chi connectivity index (χ3n) is 1.99. The van der Waals surface area contributed by atoms with E-state index in [9.17, 15) is 4.79 Å². The van der Waals surface area contributed by atoms with Gasteiger partial charge >= 0.3 is 5.97 Å². The third-order valence-corrected chi connectivity index (χ3v) is 2.86. The van der Waals surface area contributed by atoms with Crippen LogP contribution in [-0.2, 0) is 9.53 Å². The summed E-state index contributed by atoms with van der Waals surface area (Å²) in [5, 5.41) is 0. The quantitative estimate of drug-likeness (QED) is 0.220. The van der Waals surface area contributed by atoms with E-state index in [0.29, 0.717) is 0 Å². The fraction of sp³-hybridized carbons (Fsp3) is 0.750. The van der Waals surface area contributed by atoms with Crippen LogP contribution in [0.5, 0.6) is 0 Å². The lowest BCUT2D eigenvalue weighted by Crippen LogP contribution is -2.08. The molecule has 0 saturated heterocycles. The van der Waals surface area contributed by atoms with Gasteiger partial charge in [0.1, 0.15) is 0 Å². The molecule has 0 aliphatic heterocycles. The first kappa shape index (κ1) is 14.9. The number of hydrogen-bond donors (Lipinski definition) is 0. The summed E-state index contributed by atoms with van der Waals surface area (Å²) in [6, 6.07) is 0. The van der Waals surface area contributed by atoms with E-state index in [1.807, 2.05) is 0 Å². The molecule has 1 atom stereocenters. The van der Waals surface area contributed by atoms with E-state index in [0.717, 1.165) is 19.3 Å². The fourth-order valence-electron chi connectivity index (χ4n) is 1.19. The lowest BCUT2D eigenvalue weighted by Gasteiger charge is -2.08. The molecule has 0 N–H and O–H groups in total. The number of hydrogen-bond acceptors (Lipinski definition) is 2. The number of allylic oxidation sites excluding steroid dienone is 2. The predicted octanol–water partition coefficient (Wildman–Crippen LogP) is 4.23. The molecule has 0 heterocycles. The van der Waals surface area contributed by atoms with E-state index >= 15 is 0 Å². The van der Waals surface area contributed by atoms with Gasteiger partial charge in [-0.05, 0) is 48.3 Å². The van der Waals surface area contributed by atoms with Crippen molar-refractivity contribution < 1.29 is 9.53 Å². The summed E-state index contributed by atoms with van der Waals surface area (Å²) in [6.07, 6.45) is 11.3. The minimum absolute atomic E-state index is 0.0316. The van der Waals surface area contributed by atoms with Crippen LogP contribution in [0.2, 0.25) is 0 Å². The van der Waals surface area contributed by atoms with Crippen LogP contribution in [0.3, 0.4) is 0 Å². The van der Waals surface area contributed by atoms with E-state index in [1.54, 1.807) is 0 Å². The average Bonchev–Trinajstić information content (AvgIpc) is 2.15. The van der Waals surface area contributed by atoms with Gasteiger partial charge < -0.3 is 4.74 Å². The maximum absolute atomic E-state index is 10.6. The molecule has 0 aliphatic rings. The van der Waals surface area contributed by atoms with Gasteiger partial charge in [-0.15, -0.1) is 0 Å². The van der Waals surface area contributed by atoms with Gasteiger partial charge in [0.15, 0.2) is 4.11 Å². The molecular formula is C12H21IO2. The lowest BCUT2D eigenvalue weighted by molar-refractivity contribution is -0.141. The molecule has 2 nitrogen and oxygen atoms in total. The summed E-state index contributed by atoms with van der Waals surface area (Å²) in [7, 11) is 0. The van der Waals surface area contributed by atoms with Gasteiger partial charge in [0.25, 0.3) is 0 Å². The molecule has 15 heavy (non-hydrogen) atoms. The van der Waals surface area contributed by atoms with Crippen LogP contribution < -0.4 is 0 Å². The summed E-state index contributed by atoms with van der Waals surface area (Å²) < 4.78 is 5.05. The van der Waals surface area contributed by atoms with Gasteiger partial charge in [-0.1, -0.05) is 31.9 Å². The van der Waals surface area contributed by atoms with Crippen molar-refractivity contribution in [3.63, 3.8) is 0 Å². The van der Waals surface area contributed by atoms with E-state index < -0.39 is 0 Å². The monoisotopic (exact) mass is 324 g/mol. The van der Waals surface area contributed by atoms with Crippen molar-refractivity contribution in [2.24, 2.45) is 0 Å². The molecule has 0 aromatic rings. The van der Waals surface area contributed by atoms with E-state index in [4.69, 9.17) is 4.74 Å². The highest BCUT2D eigenvalue weighted by atomic mass is 127. The van der Waals surface area contributed by atoms with Gasteiger partial charge in [-0.3, -0.25) is 4.79 Å². The van der Waals surface area contributed by atoms with Crippen molar-refractivity contribution in [2.75, 3.05) is 0 Å². The summed E-state index contributed by atoms with van der Waals surface area (Å²) in [5.41, 5.74) is 0. The van der Waals surface area contributed by atoms with Crippen LogP contribution >= 0.6 is 22.6 Å². The number of rotatable bonds is 8. The summed E-state index contributed by atoms with van der Waals surface area (Å²) in [6.45, 7) is 3.66. The van der Waals surface area contributed by atoms with E-state index in [-0.39, 0.29) is 10.1 Å². The standard InChI is InChI=1S/C12H21IO2/c1-3-4-5-6-7-8-9-10-12(13)15-11(2)14/h6-7,12H,3-5,8-10H2,1-2H3. The Hall–Kier alpha value is -0.0600. The van der Waals surface area contributed by atoms with E-state index in [2.05, 4.69) is 41.7 Å². The van der Waals surface area contributed by atoms with E-state index in [1.165, 1.54) is 26.2 Å². The largest absolute Gasteiger partial charge is 0.452 e. The predicted molar refractivity (Wildman–Crippen MR) is 72.1 cm³/mol. The highest BCUT2D eigenvalue weighted by Gasteiger charge is 2.05. The zero-order valence-corrected chi connectivity index (χ0v) is 11.8. The maximum Gasteiger partial charge on any atom is 0.303 e. The first-order valence-electron chi connectivity index (χ1n) is 5.63. The van der Waals surface area contributed by atoms with Gasteiger partial charge in [0.2, 0.25) is 0 Å². The molecule has 0 radical (unpaired) electrons. The third kappa shape index (κ3) is 11.9. The second kappa shape index (κ2) is 10.5. The van der Waals surface area contributed by atoms with Crippen molar-refractivity contribution in [2.45, 2.75) is 56.5 Å². The Morgan fingerprint density at radius 2 is 1.93 bits per heavy atom. The van der Waals surface area contributed by atoms with Crippen LogP contribution in [0.1, 0.15) is 52.4 Å². The minimum Gasteiger partial charge on any atom is -0.452 e. The second-order valence-electron chi connectivity index (χ2n) is 3.56. The highest BCUT2D eigenvalue weighted by Crippen LogP contribution is 2.12. The van der Waals surface area contributed by atoms with Crippen molar-refractivity contribution in [3.05, 3.63) is 12.2 Å². The van der Waals surface area contributed by atoms with Crippen LogP contribution in [0.15, 0.2) is 12.2 Å². The van der Waals surface area contributed by atoms with Gasteiger partial charge in [-0.25, -0.2) is 0 Å². The Kier molecular flexibility index (Phi) is 10.4. The molecule has 0 amide bonds. The summed E-state index contributed by atoms with van der Waals surface area (Å²) >= 11 is 2.16. The molecule has 0 bridgehead atoms. The number of carbonyl (C=O) groups excluding carboxylic acids is 1. The Bertz CT molecular complexity index is 190. The molecule has 0 aliphatic carbocycles. The Labute approximate surface area is 107 Å². The van der Waals surface area contributed by atoms with Crippen molar-refractivity contribution >= 4 is 28.6 Å². The van der Waals surface area contributed by atoms with Crippen LogP contribution in [-0.4, -0.2) is 10.1 Å². The number of alkyl halides is 1. The topological polar surface area (TPSA) is 26.3 Å². The van der Waals surface area contributed by atoms with Crippen molar-refractivity contribution in [1.29, 1.82) is 0 Å². The first-order valence-corrected chi connectivity index (χ1v) is 6.87. The summed E-state index contributed by atoms with van der Waals surface area (Å²) in [4.78, 5) is 10.6. The Morgan fingerprint density at radius 3 is 2.47 bits per heavy atom. The molecule has 1 unspecified atom stereocenters.